The minimum atomic E-state index is 1.13. The summed E-state index contributed by atoms with van der Waals surface area (Å²) in [7, 11) is 0. The molecule has 3 aromatic heterocycles. The van der Waals surface area contributed by atoms with Crippen LogP contribution in [0.3, 0.4) is 0 Å². The number of hydrogen-bond donors (Lipinski definition) is 0. The number of fused-ring (bicyclic) bond motifs is 11. The molecular formula is C68H41NS2. The molecule has 0 unspecified atom stereocenters. The van der Waals surface area contributed by atoms with Gasteiger partial charge in [-0.1, -0.05) is 206 Å². The lowest BCUT2D eigenvalue weighted by Gasteiger charge is -2.19. The largest absolute Gasteiger partial charge is 0.309 e. The third kappa shape index (κ3) is 6.30. The van der Waals surface area contributed by atoms with E-state index in [4.69, 9.17) is 0 Å². The average molecular weight is 936 g/mol. The Morgan fingerprint density at radius 2 is 0.648 bits per heavy atom. The van der Waals surface area contributed by atoms with Gasteiger partial charge in [-0.15, -0.1) is 22.7 Å². The summed E-state index contributed by atoms with van der Waals surface area (Å²) in [6.07, 6.45) is 0. The van der Waals surface area contributed by atoms with E-state index in [1.165, 1.54) is 139 Å². The Hall–Kier alpha value is -8.60. The first-order valence-electron chi connectivity index (χ1n) is 24.3. The first-order valence-corrected chi connectivity index (χ1v) is 25.9. The molecule has 0 fully saturated rings. The van der Waals surface area contributed by atoms with E-state index in [0.717, 1.165) is 5.69 Å². The Labute approximate surface area is 418 Å². The molecule has 0 saturated carbocycles. The molecular weight excluding hydrogens is 895 g/mol. The number of rotatable bonds is 6. The molecule has 0 radical (unpaired) electrons. The van der Waals surface area contributed by atoms with Crippen molar-refractivity contribution in [2.24, 2.45) is 0 Å². The van der Waals surface area contributed by atoms with E-state index >= 15 is 0 Å². The van der Waals surface area contributed by atoms with Gasteiger partial charge in [0, 0.05) is 56.8 Å². The lowest BCUT2D eigenvalue weighted by atomic mass is 9.85. The predicted molar refractivity (Wildman–Crippen MR) is 309 cm³/mol. The summed E-state index contributed by atoms with van der Waals surface area (Å²) in [6, 6.07) is 92.5. The lowest BCUT2D eigenvalue weighted by Crippen LogP contribution is -1.95. The van der Waals surface area contributed by atoms with Crippen molar-refractivity contribution in [1.82, 2.24) is 4.57 Å². The van der Waals surface area contributed by atoms with Crippen molar-refractivity contribution in [1.29, 1.82) is 0 Å². The maximum absolute atomic E-state index is 2.52. The molecule has 15 rings (SSSR count). The summed E-state index contributed by atoms with van der Waals surface area (Å²) in [5, 5.41) is 12.7. The Kier molecular flexibility index (Phi) is 9.07. The Balaban J connectivity index is 0.971. The van der Waals surface area contributed by atoms with Crippen LogP contribution in [0.1, 0.15) is 0 Å². The maximum atomic E-state index is 2.52. The second-order valence-electron chi connectivity index (χ2n) is 18.7. The number of thiophene rings is 2. The zero-order chi connectivity index (χ0) is 46.6. The smallest absolute Gasteiger partial charge is 0.0547 e. The van der Waals surface area contributed by atoms with Crippen LogP contribution in [-0.4, -0.2) is 4.57 Å². The SMILES string of the molecule is c1ccc(-c2c3ccccc3c(-c3ccccc3)c3cc(-c4cccc(-n5c6cc(-c7cccc8c7sc7ccccc78)ccc6c6ccc(-c7cccc8c7sc7ccccc78)cc65)c4)ccc23)cc1. The highest BCUT2D eigenvalue weighted by Crippen LogP contribution is 2.47. The lowest BCUT2D eigenvalue weighted by molar-refractivity contribution is 1.18. The molecule has 15 aromatic rings. The molecule has 1 nitrogen and oxygen atoms in total. The molecule has 0 aliphatic rings. The van der Waals surface area contributed by atoms with E-state index in [9.17, 15) is 0 Å². The van der Waals surface area contributed by atoms with Crippen molar-refractivity contribution in [2.45, 2.75) is 0 Å². The number of aromatic nitrogens is 1. The van der Waals surface area contributed by atoms with E-state index in [1.54, 1.807) is 0 Å². The summed E-state index contributed by atoms with van der Waals surface area (Å²) in [5.41, 5.74) is 15.8. The highest BCUT2D eigenvalue weighted by Gasteiger charge is 2.21. The van der Waals surface area contributed by atoms with Crippen molar-refractivity contribution < 1.29 is 0 Å². The van der Waals surface area contributed by atoms with E-state index < -0.39 is 0 Å². The predicted octanol–water partition coefficient (Wildman–Crippen LogP) is 20.2. The molecule has 0 saturated heterocycles. The molecule has 0 aliphatic carbocycles. The number of hydrogen-bond acceptors (Lipinski definition) is 2. The van der Waals surface area contributed by atoms with Crippen LogP contribution in [0.25, 0.3) is 145 Å². The first-order chi connectivity index (χ1) is 35.2. The minimum absolute atomic E-state index is 1.13. The van der Waals surface area contributed by atoms with Crippen LogP contribution in [0, 0.1) is 0 Å². The zero-order valence-corrected chi connectivity index (χ0v) is 40.1. The van der Waals surface area contributed by atoms with Gasteiger partial charge in [0.05, 0.1) is 11.0 Å². The topological polar surface area (TPSA) is 4.93 Å². The van der Waals surface area contributed by atoms with Crippen molar-refractivity contribution in [3.05, 3.63) is 249 Å². The van der Waals surface area contributed by atoms with Gasteiger partial charge in [-0.2, -0.15) is 0 Å². The number of benzene rings is 12. The molecule has 0 spiro atoms. The molecule has 0 aliphatic heterocycles. The van der Waals surface area contributed by atoms with Crippen molar-refractivity contribution >= 4 is 106 Å². The van der Waals surface area contributed by atoms with E-state index in [-0.39, 0.29) is 0 Å². The third-order valence-electron chi connectivity index (χ3n) is 14.8. The van der Waals surface area contributed by atoms with Crippen LogP contribution in [0.5, 0.6) is 0 Å². The van der Waals surface area contributed by atoms with Crippen LogP contribution in [0.2, 0.25) is 0 Å². The highest BCUT2D eigenvalue weighted by atomic mass is 32.1. The van der Waals surface area contributed by atoms with E-state index in [1.807, 2.05) is 22.7 Å². The molecule has 3 heterocycles. The first kappa shape index (κ1) is 40.3. The van der Waals surface area contributed by atoms with Crippen molar-refractivity contribution in [2.75, 3.05) is 0 Å². The van der Waals surface area contributed by atoms with Gasteiger partial charge in [0.15, 0.2) is 0 Å². The van der Waals surface area contributed by atoms with Gasteiger partial charge in [-0.3, -0.25) is 0 Å². The molecule has 71 heavy (non-hydrogen) atoms. The van der Waals surface area contributed by atoms with Gasteiger partial charge in [-0.05, 0) is 120 Å². The Morgan fingerprint density at radius 1 is 0.239 bits per heavy atom. The summed E-state index contributed by atoms with van der Waals surface area (Å²) >= 11 is 3.78. The maximum Gasteiger partial charge on any atom is 0.0547 e. The summed E-state index contributed by atoms with van der Waals surface area (Å²) in [4.78, 5) is 0. The minimum Gasteiger partial charge on any atom is -0.309 e. The third-order valence-corrected chi connectivity index (χ3v) is 17.2. The normalized spacial score (nSPS) is 11.9. The standard InChI is InChI=1S/C68H41NS2/c1-3-16-42(17-4-1)65-55-24-7-8-25-56(55)66(43-18-5-2-6-19-43)60-39-45(32-37-57(60)65)44-20-13-21-48(38-44)69-61-40-46(49-26-14-28-58-53-22-9-11-30-63(53)70-67(49)58)33-35-51(61)52-36-34-47(41-62(52)69)50-27-15-29-59-54-23-10-12-31-64(54)71-68(50)59/h1-41H. The van der Waals surface area contributed by atoms with Gasteiger partial charge >= 0.3 is 0 Å². The zero-order valence-electron chi connectivity index (χ0n) is 38.4. The monoisotopic (exact) mass is 935 g/mol. The van der Waals surface area contributed by atoms with Crippen LogP contribution < -0.4 is 0 Å². The second-order valence-corrected chi connectivity index (χ2v) is 20.8. The van der Waals surface area contributed by atoms with Crippen molar-refractivity contribution in [3.8, 4) is 61.3 Å². The van der Waals surface area contributed by atoms with Gasteiger partial charge in [0.25, 0.3) is 0 Å². The van der Waals surface area contributed by atoms with Gasteiger partial charge in [0.2, 0.25) is 0 Å². The van der Waals surface area contributed by atoms with Crippen LogP contribution >= 0.6 is 22.7 Å². The average Bonchev–Trinajstić information content (AvgIpc) is 4.12. The molecule has 3 heteroatoms. The highest BCUT2D eigenvalue weighted by molar-refractivity contribution is 7.26. The van der Waals surface area contributed by atoms with Crippen molar-refractivity contribution in [3.63, 3.8) is 0 Å². The van der Waals surface area contributed by atoms with E-state index in [2.05, 4.69) is 253 Å². The fourth-order valence-electron chi connectivity index (χ4n) is 11.6. The fourth-order valence-corrected chi connectivity index (χ4v) is 14.1. The van der Waals surface area contributed by atoms with Crippen LogP contribution in [0.15, 0.2) is 249 Å². The summed E-state index contributed by atoms with van der Waals surface area (Å²) in [6.45, 7) is 0. The van der Waals surface area contributed by atoms with E-state index in [0.29, 0.717) is 0 Å². The van der Waals surface area contributed by atoms with Gasteiger partial charge in [-0.25, -0.2) is 0 Å². The Bertz CT molecular complexity index is 4460. The summed E-state index contributed by atoms with van der Waals surface area (Å²) in [5.74, 6) is 0. The molecule has 12 aromatic carbocycles. The summed E-state index contributed by atoms with van der Waals surface area (Å²) < 4.78 is 7.81. The molecule has 0 atom stereocenters. The fraction of sp³-hybridized carbons (Fsp3) is 0. The Morgan fingerprint density at radius 3 is 1.21 bits per heavy atom. The molecule has 0 amide bonds. The quantitative estimate of drug-likeness (QED) is 0.146. The molecule has 0 N–H and O–H groups in total. The van der Waals surface area contributed by atoms with Gasteiger partial charge in [0.1, 0.15) is 0 Å². The van der Waals surface area contributed by atoms with Gasteiger partial charge < -0.3 is 4.57 Å². The number of nitrogens with zero attached hydrogens (tertiary/aromatic N) is 1. The van der Waals surface area contributed by atoms with Crippen LogP contribution in [0.4, 0.5) is 0 Å². The molecule has 0 bridgehead atoms. The second kappa shape index (κ2) is 16.0. The molecule has 330 valence electrons. The van der Waals surface area contributed by atoms with Crippen LogP contribution in [-0.2, 0) is 0 Å².